The second-order valence-corrected chi connectivity index (χ2v) is 4.01. The molecule has 2 aromatic rings. The molecule has 0 unspecified atom stereocenters. The van der Waals surface area contributed by atoms with Gasteiger partial charge >= 0.3 is 0 Å². The van der Waals surface area contributed by atoms with Gasteiger partial charge in [-0.3, -0.25) is 0 Å². The molecule has 0 aliphatic heterocycles. The van der Waals surface area contributed by atoms with Crippen molar-refractivity contribution in [3.05, 3.63) is 30.0 Å². The number of hydrogen-bond acceptors (Lipinski definition) is 6. The number of aromatic nitrogens is 2. The predicted octanol–water partition coefficient (Wildman–Crippen LogP) is 2.64. The van der Waals surface area contributed by atoms with Crippen LogP contribution in [-0.2, 0) is 0 Å². The van der Waals surface area contributed by atoms with Gasteiger partial charge in [-0.15, -0.1) is 0 Å². The van der Waals surface area contributed by atoms with Gasteiger partial charge in [0.15, 0.2) is 11.5 Å². The standard InChI is InChI=1S/C14H17N3O3/c1-9-8-12(17-14(15-2)16-9)20-13-10(18-3)6-5-7-11(13)19-4/h5-8H,1-4H3,(H,15,16,17). The molecule has 0 atom stereocenters. The lowest BCUT2D eigenvalue weighted by Gasteiger charge is -2.13. The molecular formula is C14H17N3O3. The Kier molecular flexibility index (Phi) is 4.24. The zero-order valence-electron chi connectivity index (χ0n) is 11.9. The highest BCUT2D eigenvalue weighted by atomic mass is 16.5. The van der Waals surface area contributed by atoms with Gasteiger partial charge in [0.05, 0.1) is 14.2 Å². The fourth-order valence-electron chi connectivity index (χ4n) is 1.73. The third-order valence-corrected chi connectivity index (χ3v) is 2.64. The van der Waals surface area contributed by atoms with Crippen molar-refractivity contribution in [3.63, 3.8) is 0 Å². The fraction of sp³-hybridized carbons (Fsp3) is 0.286. The van der Waals surface area contributed by atoms with Crippen LogP contribution in [0.1, 0.15) is 5.69 Å². The fourth-order valence-corrected chi connectivity index (χ4v) is 1.73. The molecule has 0 saturated carbocycles. The van der Waals surface area contributed by atoms with Crippen molar-refractivity contribution in [2.24, 2.45) is 0 Å². The van der Waals surface area contributed by atoms with E-state index < -0.39 is 0 Å². The van der Waals surface area contributed by atoms with Gasteiger partial charge in [0.25, 0.3) is 0 Å². The SMILES string of the molecule is CNc1nc(C)cc(Oc2c(OC)cccc2OC)n1. The second kappa shape index (κ2) is 6.10. The summed E-state index contributed by atoms with van der Waals surface area (Å²) in [7, 11) is 4.90. The van der Waals surface area contributed by atoms with E-state index in [0.29, 0.717) is 29.1 Å². The summed E-state index contributed by atoms with van der Waals surface area (Å²) in [6, 6.07) is 7.16. The number of benzene rings is 1. The monoisotopic (exact) mass is 275 g/mol. The van der Waals surface area contributed by atoms with E-state index in [4.69, 9.17) is 14.2 Å². The number of anilines is 1. The largest absolute Gasteiger partial charge is 0.493 e. The minimum atomic E-state index is 0.421. The van der Waals surface area contributed by atoms with Crippen LogP contribution in [0.25, 0.3) is 0 Å². The van der Waals surface area contributed by atoms with Crippen LogP contribution >= 0.6 is 0 Å². The molecule has 1 N–H and O–H groups in total. The van der Waals surface area contributed by atoms with E-state index in [-0.39, 0.29) is 0 Å². The van der Waals surface area contributed by atoms with Gasteiger partial charge in [0, 0.05) is 18.8 Å². The number of para-hydroxylation sites is 1. The Balaban J connectivity index is 2.41. The molecule has 2 rings (SSSR count). The van der Waals surface area contributed by atoms with E-state index in [1.807, 2.05) is 13.0 Å². The zero-order chi connectivity index (χ0) is 14.5. The molecule has 0 saturated heterocycles. The Labute approximate surface area is 117 Å². The minimum absolute atomic E-state index is 0.421. The Hall–Kier alpha value is -2.50. The molecule has 1 aromatic heterocycles. The van der Waals surface area contributed by atoms with Crippen molar-refractivity contribution < 1.29 is 14.2 Å². The first kappa shape index (κ1) is 13.9. The molecule has 0 bridgehead atoms. The highest BCUT2D eigenvalue weighted by molar-refractivity contribution is 5.52. The molecule has 0 aliphatic rings. The lowest BCUT2D eigenvalue weighted by Crippen LogP contribution is -2.01. The van der Waals surface area contributed by atoms with Gasteiger partial charge in [-0.1, -0.05) is 6.07 Å². The van der Waals surface area contributed by atoms with Crippen LogP contribution in [-0.4, -0.2) is 31.2 Å². The zero-order valence-corrected chi connectivity index (χ0v) is 11.9. The van der Waals surface area contributed by atoms with Crippen LogP contribution in [0, 0.1) is 6.92 Å². The maximum Gasteiger partial charge on any atom is 0.225 e. The number of rotatable bonds is 5. The van der Waals surface area contributed by atoms with E-state index in [1.54, 1.807) is 39.5 Å². The van der Waals surface area contributed by atoms with Gasteiger partial charge in [0.2, 0.25) is 17.6 Å². The highest BCUT2D eigenvalue weighted by Gasteiger charge is 2.13. The van der Waals surface area contributed by atoms with Crippen LogP contribution in [0.2, 0.25) is 0 Å². The Bertz CT molecular complexity index is 580. The number of hydrogen-bond donors (Lipinski definition) is 1. The normalized spacial score (nSPS) is 10.0. The molecule has 106 valence electrons. The lowest BCUT2D eigenvalue weighted by molar-refractivity contribution is 0.342. The van der Waals surface area contributed by atoms with E-state index >= 15 is 0 Å². The van der Waals surface area contributed by atoms with E-state index in [1.165, 1.54) is 0 Å². The van der Waals surface area contributed by atoms with Crippen LogP contribution in [0.15, 0.2) is 24.3 Å². The summed E-state index contributed by atoms with van der Waals surface area (Å²) in [5.74, 6) is 2.55. The summed E-state index contributed by atoms with van der Waals surface area (Å²) in [4.78, 5) is 8.46. The van der Waals surface area contributed by atoms with E-state index in [9.17, 15) is 0 Å². The number of methoxy groups -OCH3 is 2. The molecule has 1 heterocycles. The third-order valence-electron chi connectivity index (χ3n) is 2.64. The molecule has 0 spiro atoms. The summed E-state index contributed by atoms with van der Waals surface area (Å²) in [5.41, 5.74) is 0.799. The summed E-state index contributed by atoms with van der Waals surface area (Å²) >= 11 is 0. The van der Waals surface area contributed by atoms with Gasteiger partial charge in [-0.25, -0.2) is 4.98 Å². The molecule has 1 aromatic carbocycles. The van der Waals surface area contributed by atoms with Gasteiger partial charge in [-0.05, 0) is 19.1 Å². The molecular weight excluding hydrogens is 258 g/mol. The molecule has 6 heteroatoms. The smallest absolute Gasteiger partial charge is 0.225 e. The number of ether oxygens (including phenoxy) is 3. The number of nitrogens with zero attached hydrogens (tertiary/aromatic N) is 2. The van der Waals surface area contributed by atoms with Crippen LogP contribution in [0.3, 0.4) is 0 Å². The van der Waals surface area contributed by atoms with Crippen LogP contribution < -0.4 is 19.5 Å². The summed E-state index contributed by atoms with van der Waals surface area (Å²) < 4.78 is 16.4. The van der Waals surface area contributed by atoms with Crippen molar-refractivity contribution in [3.8, 4) is 23.1 Å². The second-order valence-electron chi connectivity index (χ2n) is 4.01. The summed E-state index contributed by atoms with van der Waals surface area (Å²) in [6.07, 6.45) is 0. The lowest BCUT2D eigenvalue weighted by atomic mass is 10.3. The molecule has 20 heavy (non-hydrogen) atoms. The maximum absolute atomic E-state index is 5.80. The first-order valence-electron chi connectivity index (χ1n) is 6.10. The summed E-state index contributed by atoms with van der Waals surface area (Å²) in [6.45, 7) is 1.87. The molecule has 0 amide bonds. The number of aryl methyl sites for hydroxylation is 1. The average Bonchev–Trinajstić information content (AvgIpc) is 2.46. The average molecular weight is 275 g/mol. The first-order valence-corrected chi connectivity index (χ1v) is 6.10. The van der Waals surface area contributed by atoms with E-state index in [2.05, 4.69) is 15.3 Å². The van der Waals surface area contributed by atoms with Crippen molar-refractivity contribution in [1.82, 2.24) is 9.97 Å². The summed E-state index contributed by atoms with van der Waals surface area (Å²) in [5, 5.41) is 2.89. The quantitative estimate of drug-likeness (QED) is 0.905. The topological polar surface area (TPSA) is 65.5 Å². The van der Waals surface area contributed by atoms with Crippen molar-refractivity contribution in [1.29, 1.82) is 0 Å². The third kappa shape index (κ3) is 2.90. The molecule has 0 aliphatic carbocycles. The Morgan fingerprint density at radius 1 is 1.05 bits per heavy atom. The van der Waals surface area contributed by atoms with Gasteiger partial charge in [0.1, 0.15) is 0 Å². The molecule has 6 nitrogen and oxygen atoms in total. The van der Waals surface area contributed by atoms with Gasteiger partial charge in [-0.2, -0.15) is 4.98 Å². The Morgan fingerprint density at radius 3 is 2.25 bits per heavy atom. The Morgan fingerprint density at radius 2 is 1.70 bits per heavy atom. The molecule has 0 radical (unpaired) electrons. The van der Waals surface area contributed by atoms with Crippen LogP contribution in [0.5, 0.6) is 23.1 Å². The van der Waals surface area contributed by atoms with Crippen LogP contribution in [0.4, 0.5) is 5.95 Å². The van der Waals surface area contributed by atoms with E-state index in [0.717, 1.165) is 5.69 Å². The number of nitrogens with one attached hydrogen (secondary N) is 1. The van der Waals surface area contributed by atoms with Crippen molar-refractivity contribution in [2.75, 3.05) is 26.6 Å². The minimum Gasteiger partial charge on any atom is -0.493 e. The highest BCUT2D eigenvalue weighted by Crippen LogP contribution is 2.39. The van der Waals surface area contributed by atoms with Gasteiger partial charge < -0.3 is 19.5 Å². The first-order chi connectivity index (χ1) is 9.67. The predicted molar refractivity (Wildman–Crippen MR) is 75.9 cm³/mol. The van der Waals surface area contributed by atoms with Crippen molar-refractivity contribution >= 4 is 5.95 Å². The molecule has 0 fully saturated rings. The maximum atomic E-state index is 5.80. The van der Waals surface area contributed by atoms with Crippen molar-refractivity contribution in [2.45, 2.75) is 6.92 Å².